The van der Waals surface area contributed by atoms with Gasteiger partial charge in [-0.25, -0.2) is 18.2 Å². The van der Waals surface area contributed by atoms with Gasteiger partial charge in [-0.05, 0) is 42.0 Å². The predicted octanol–water partition coefficient (Wildman–Crippen LogP) is 6.36. The van der Waals surface area contributed by atoms with Crippen LogP contribution in [0.2, 0.25) is 10.0 Å². The Labute approximate surface area is 232 Å². The number of amides is 3. The molecule has 3 aromatic carbocycles. The summed E-state index contributed by atoms with van der Waals surface area (Å²) in [7, 11) is -4.26. The van der Waals surface area contributed by atoms with E-state index in [1.165, 1.54) is 12.1 Å². The molecule has 194 valence electrons. The summed E-state index contributed by atoms with van der Waals surface area (Å²) in [6.45, 7) is -0.382. The first kappa shape index (κ1) is 25.1. The highest BCUT2D eigenvalue weighted by molar-refractivity contribution is 7.91. The van der Waals surface area contributed by atoms with Crippen molar-refractivity contribution in [2.45, 2.75) is 9.99 Å². The minimum Gasteiger partial charge on any atom is -0.424 e. The number of fused-ring (bicyclic) bond motifs is 1. The first-order chi connectivity index (χ1) is 18.7. The van der Waals surface area contributed by atoms with E-state index in [1.54, 1.807) is 72.8 Å². The number of aromatic nitrogens is 1. The van der Waals surface area contributed by atoms with Crippen molar-refractivity contribution in [1.82, 2.24) is 10.3 Å². The van der Waals surface area contributed by atoms with E-state index in [9.17, 15) is 18.0 Å². The maximum Gasteiger partial charge on any atom is 0.329 e. The highest BCUT2D eigenvalue weighted by atomic mass is 35.5. The van der Waals surface area contributed by atoms with Crippen LogP contribution >= 0.6 is 23.2 Å². The number of benzene rings is 3. The van der Waals surface area contributed by atoms with Crippen LogP contribution in [0.15, 0.2) is 99.3 Å². The number of hydrogen-bond acceptors (Lipinski definition) is 6. The second kappa shape index (κ2) is 9.53. The van der Waals surface area contributed by atoms with Crippen LogP contribution in [0.4, 0.5) is 10.5 Å². The van der Waals surface area contributed by atoms with E-state index in [0.29, 0.717) is 32.4 Å². The number of furan rings is 1. The van der Waals surface area contributed by atoms with Gasteiger partial charge in [0.2, 0.25) is 26.6 Å². The van der Waals surface area contributed by atoms with Crippen molar-refractivity contribution in [3.63, 3.8) is 0 Å². The summed E-state index contributed by atoms with van der Waals surface area (Å²) in [5.41, 5.74) is 2.20. The van der Waals surface area contributed by atoms with Crippen LogP contribution in [-0.4, -0.2) is 31.9 Å². The van der Waals surface area contributed by atoms with Crippen molar-refractivity contribution >= 4 is 61.8 Å². The van der Waals surface area contributed by atoms with E-state index in [1.807, 2.05) is 0 Å². The highest BCUT2D eigenvalue weighted by Crippen LogP contribution is 2.44. The molecule has 5 aromatic rings. The average molecular weight is 578 g/mol. The fourth-order valence-corrected chi connectivity index (χ4v) is 6.21. The van der Waals surface area contributed by atoms with Gasteiger partial charge in [-0.15, -0.1) is 0 Å². The van der Waals surface area contributed by atoms with Gasteiger partial charge in [-0.1, -0.05) is 71.7 Å². The zero-order valence-electron chi connectivity index (χ0n) is 19.9. The molecule has 0 bridgehead atoms. The molecule has 0 atom stereocenters. The molecule has 1 N–H and O–H groups in total. The SMILES string of the molecule is O=C1CN(c2c(S(=O)(=O)c3ccccc3)oc3nc(-c4ccccc4Cl)c(-c4ccc(Cl)cc4)cc23)C(=O)N1. The molecule has 0 aliphatic carbocycles. The number of hydrogen-bond donors (Lipinski definition) is 1. The smallest absolute Gasteiger partial charge is 0.329 e. The zero-order valence-corrected chi connectivity index (χ0v) is 22.2. The molecule has 3 amide bonds. The Balaban J connectivity index is 1.70. The number of nitrogens with zero attached hydrogens (tertiary/aromatic N) is 2. The Hall–Kier alpha value is -4.18. The van der Waals surface area contributed by atoms with E-state index in [0.717, 1.165) is 4.90 Å². The molecule has 0 saturated carbocycles. The molecule has 11 heteroatoms. The second-order valence-corrected chi connectivity index (χ2v) is 11.4. The number of urea groups is 1. The van der Waals surface area contributed by atoms with Crippen LogP contribution in [-0.2, 0) is 14.6 Å². The maximum atomic E-state index is 13.8. The fourth-order valence-electron chi connectivity index (χ4n) is 4.46. The number of nitrogens with one attached hydrogen (secondary N) is 1. The molecular weight excluding hydrogens is 561 g/mol. The third kappa shape index (κ3) is 4.34. The van der Waals surface area contributed by atoms with Crippen molar-refractivity contribution in [3.8, 4) is 22.4 Å². The van der Waals surface area contributed by atoms with Crippen LogP contribution in [0, 0.1) is 0 Å². The standard InChI is InChI=1S/C28H17Cl2N3O5S/c29-17-12-10-16(11-13-17)20-14-21-25(33-15-23(34)31-28(33)35)27(39(36,37)18-6-2-1-3-7-18)38-26(21)32-24(20)19-8-4-5-9-22(19)30/h1-14H,15H2,(H,31,34,35). The number of pyridine rings is 1. The molecule has 39 heavy (non-hydrogen) atoms. The summed E-state index contributed by atoms with van der Waals surface area (Å²) in [4.78, 5) is 30.6. The Morgan fingerprint density at radius 2 is 1.56 bits per heavy atom. The predicted molar refractivity (Wildman–Crippen MR) is 148 cm³/mol. The molecule has 2 aromatic heterocycles. The Kier molecular flexibility index (Phi) is 6.14. The monoisotopic (exact) mass is 577 g/mol. The number of rotatable bonds is 5. The minimum absolute atomic E-state index is 0.0412. The quantitative estimate of drug-likeness (QED) is 0.243. The molecule has 3 heterocycles. The van der Waals surface area contributed by atoms with Gasteiger partial charge in [0.1, 0.15) is 12.2 Å². The van der Waals surface area contributed by atoms with Gasteiger partial charge in [0.15, 0.2) is 0 Å². The van der Waals surface area contributed by atoms with Crippen LogP contribution in [0.25, 0.3) is 33.5 Å². The van der Waals surface area contributed by atoms with Gasteiger partial charge >= 0.3 is 6.03 Å². The van der Waals surface area contributed by atoms with Gasteiger partial charge in [0.25, 0.3) is 0 Å². The molecule has 8 nitrogen and oxygen atoms in total. The lowest BCUT2D eigenvalue weighted by molar-refractivity contribution is -0.117. The number of anilines is 1. The molecule has 0 radical (unpaired) electrons. The van der Waals surface area contributed by atoms with E-state index in [2.05, 4.69) is 5.32 Å². The first-order valence-corrected chi connectivity index (χ1v) is 13.9. The lowest BCUT2D eigenvalue weighted by atomic mass is 9.98. The summed E-state index contributed by atoms with van der Waals surface area (Å²) in [6.07, 6.45) is 0. The van der Waals surface area contributed by atoms with Gasteiger partial charge < -0.3 is 4.42 Å². The normalized spacial score (nSPS) is 13.7. The number of carbonyl (C=O) groups excluding carboxylic acids is 2. The lowest BCUT2D eigenvalue weighted by Crippen LogP contribution is -2.28. The number of imide groups is 1. The van der Waals surface area contributed by atoms with Gasteiger partial charge in [0, 0.05) is 21.2 Å². The topological polar surface area (TPSA) is 110 Å². The van der Waals surface area contributed by atoms with Crippen LogP contribution in [0.3, 0.4) is 0 Å². The summed E-state index contributed by atoms with van der Waals surface area (Å²) in [5, 5.41) is 2.88. The first-order valence-electron chi connectivity index (χ1n) is 11.6. The number of carbonyl (C=O) groups is 2. The third-order valence-corrected chi connectivity index (χ3v) is 8.51. The molecular formula is C28H17Cl2N3O5S. The summed E-state index contributed by atoms with van der Waals surface area (Å²) < 4.78 is 33.5. The van der Waals surface area contributed by atoms with E-state index >= 15 is 0 Å². The van der Waals surface area contributed by atoms with Crippen molar-refractivity contribution in [2.24, 2.45) is 0 Å². The maximum absolute atomic E-state index is 13.8. The largest absolute Gasteiger partial charge is 0.424 e. The Morgan fingerprint density at radius 3 is 2.23 bits per heavy atom. The molecule has 6 rings (SSSR count). The summed E-state index contributed by atoms with van der Waals surface area (Å²) in [6, 6.07) is 22.7. The molecule has 1 aliphatic heterocycles. The Bertz CT molecular complexity index is 1890. The molecule has 0 unspecified atom stereocenters. The third-order valence-electron chi connectivity index (χ3n) is 6.27. The molecule has 1 fully saturated rings. The van der Waals surface area contributed by atoms with E-state index < -0.39 is 26.9 Å². The average Bonchev–Trinajstić information content (AvgIpc) is 3.47. The lowest BCUT2D eigenvalue weighted by Gasteiger charge is -2.15. The van der Waals surface area contributed by atoms with Crippen molar-refractivity contribution in [3.05, 3.63) is 95.0 Å². The fraction of sp³-hybridized carbons (Fsp3) is 0.0357. The molecule has 1 saturated heterocycles. The molecule has 0 spiro atoms. The highest BCUT2D eigenvalue weighted by Gasteiger charge is 2.38. The van der Waals surface area contributed by atoms with Crippen LogP contribution in [0.1, 0.15) is 0 Å². The van der Waals surface area contributed by atoms with E-state index in [4.69, 9.17) is 32.6 Å². The van der Waals surface area contributed by atoms with Gasteiger partial charge in [0.05, 0.1) is 16.0 Å². The van der Waals surface area contributed by atoms with Crippen LogP contribution in [0.5, 0.6) is 0 Å². The number of sulfone groups is 1. The number of halogens is 2. The minimum atomic E-state index is -4.26. The molecule has 1 aliphatic rings. The van der Waals surface area contributed by atoms with Crippen LogP contribution < -0.4 is 10.2 Å². The summed E-state index contributed by atoms with van der Waals surface area (Å²) in [5.74, 6) is -0.573. The van der Waals surface area contributed by atoms with Crippen molar-refractivity contribution in [2.75, 3.05) is 11.4 Å². The van der Waals surface area contributed by atoms with Gasteiger partial charge in [-0.2, -0.15) is 0 Å². The van der Waals surface area contributed by atoms with E-state index in [-0.39, 0.29) is 28.2 Å². The van der Waals surface area contributed by atoms with Gasteiger partial charge in [-0.3, -0.25) is 15.0 Å². The van der Waals surface area contributed by atoms with Crippen molar-refractivity contribution in [1.29, 1.82) is 0 Å². The zero-order chi connectivity index (χ0) is 27.3. The summed E-state index contributed by atoms with van der Waals surface area (Å²) >= 11 is 12.7. The second-order valence-electron chi connectivity index (χ2n) is 8.72. The Morgan fingerprint density at radius 1 is 0.872 bits per heavy atom. The van der Waals surface area contributed by atoms with Crippen molar-refractivity contribution < 1.29 is 22.4 Å².